The van der Waals surface area contributed by atoms with E-state index in [-0.39, 0.29) is 11.3 Å². The summed E-state index contributed by atoms with van der Waals surface area (Å²) in [5.74, 6) is 0.189. The Labute approximate surface area is 233 Å². The second kappa shape index (κ2) is 20.1. The Morgan fingerprint density at radius 3 is 2.53 bits per heavy atom. The number of fused-ring (bicyclic) bond motifs is 1. The average Bonchev–Trinajstić information content (AvgIpc) is 3.25. The zero-order valence-corrected chi connectivity index (χ0v) is 24.3. The van der Waals surface area contributed by atoms with Crippen molar-refractivity contribution in [3.8, 4) is 0 Å². The number of H-pyrrole nitrogens is 1. The van der Waals surface area contributed by atoms with Gasteiger partial charge in [-0.05, 0) is 69.6 Å². The lowest BCUT2D eigenvalue weighted by molar-refractivity contribution is 0.297. The monoisotopic (exact) mass is 540 g/mol. The first-order valence-electron chi connectivity index (χ1n) is 13.6. The number of oxime groups is 1. The van der Waals surface area contributed by atoms with E-state index in [4.69, 9.17) is 16.4 Å². The van der Waals surface area contributed by atoms with Crippen molar-refractivity contribution in [1.82, 2.24) is 15.6 Å². The van der Waals surface area contributed by atoms with Gasteiger partial charge in [-0.25, -0.2) is 0 Å². The van der Waals surface area contributed by atoms with Crippen molar-refractivity contribution in [1.29, 1.82) is 0 Å². The molecule has 2 heterocycles. The first-order chi connectivity index (χ1) is 18.5. The highest BCUT2D eigenvalue weighted by molar-refractivity contribution is 6.31. The van der Waals surface area contributed by atoms with Gasteiger partial charge in [-0.3, -0.25) is 4.79 Å². The summed E-state index contributed by atoms with van der Waals surface area (Å²) in [6.45, 7) is 19.4. The van der Waals surface area contributed by atoms with Crippen LogP contribution in [0, 0.1) is 0 Å². The SMILES string of the molecule is C1CCCNCC1.C=C/C=C\C=C/Cc1c(C(=C)O/N=C(\C)CNCC)c(=O)[nH]c2ccc(Cl)cc12.CC. The first kappa shape index (κ1) is 33.1. The Morgan fingerprint density at radius 1 is 1.16 bits per heavy atom. The Hall–Kier alpha value is -2.93. The van der Waals surface area contributed by atoms with Gasteiger partial charge in [0.25, 0.3) is 5.56 Å². The Morgan fingerprint density at radius 2 is 1.87 bits per heavy atom. The molecule has 7 heteroatoms. The maximum atomic E-state index is 12.8. The number of aromatic amines is 1. The van der Waals surface area contributed by atoms with Crippen molar-refractivity contribution >= 4 is 34.0 Å². The molecule has 0 unspecified atom stereocenters. The molecule has 0 atom stereocenters. The molecule has 0 radical (unpaired) electrons. The van der Waals surface area contributed by atoms with E-state index in [9.17, 15) is 4.79 Å². The number of nitrogens with zero attached hydrogens (tertiary/aromatic N) is 1. The Bertz CT molecular complexity index is 1130. The zero-order valence-electron chi connectivity index (χ0n) is 23.5. The summed E-state index contributed by atoms with van der Waals surface area (Å²) >= 11 is 6.20. The van der Waals surface area contributed by atoms with Crippen molar-refractivity contribution in [3.63, 3.8) is 0 Å². The molecule has 208 valence electrons. The van der Waals surface area contributed by atoms with Crippen molar-refractivity contribution in [2.75, 3.05) is 26.2 Å². The quantitative estimate of drug-likeness (QED) is 0.129. The van der Waals surface area contributed by atoms with Crippen LogP contribution in [0.25, 0.3) is 16.7 Å². The Kier molecular flexibility index (Phi) is 17.5. The van der Waals surface area contributed by atoms with E-state index < -0.39 is 0 Å². The maximum Gasteiger partial charge on any atom is 0.259 e. The highest BCUT2D eigenvalue weighted by Crippen LogP contribution is 2.26. The fourth-order valence-electron chi connectivity index (χ4n) is 3.74. The number of aromatic nitrogens is 1. The van der Waals surface area contributed by atoms with Crippen LogP contribution in [0.4, 0.5) is 0 Å². The first-order valence-corrected chi connectivity index (χ1v) is 14.0. The second-order valence-corrected chi connectivity index (χ2v) is 8.97. The molecular weight excluding hydrogens is 496 g/mol. The van der Waals surface area contributed by atoms with Crippen LogP contribution in [-0.2, 0) is 11.3 Å². The van der Waals surface area contributed by atoms with Gasteiger partial charge in [0.2, 0.25) is 0 Å². The summed E-state index contributed by atoms with van der Waals surface area (Å²) in [7, 11) is 0. The molecular formula is C31H45ClN4O2. The van der Waals surface area contributed by atoms with E-state index in [2.05, 4.69) is 33.9 Å². The van der Waals surface area contributed by atoms with Crippen molar-refractivity contribution < 1.29 is 4.84 Å². The van der Waals surface area contributed by atoms with Crippen LogP contribution in [0.15, 0.2) is 71.7 Å². The number of nitrogens with one attached hydrogen (secondary N) is 3. The molecule has 1 saturated heterocycles. The van der Waals surface area contributed by atoms with Gasteiger partial charge in [0.1, 0.15) is 0 Å². The summed E-state index contributed by atoms with van der Waals surface area (Å²) in [4.78, 5) is 21.1. The van der Waals surface area contributed by atoms with Crippen LogP contribution in [-0.4, -0.2) is 36.9 Å². The predicted molar refractivity (Wildman–Crippen MR) is 166 cm³/mol. The predicted octanol–water partition coefficient (Wildman–Crippen LogP) is 7.17. The number of halogens is 1. The number of pyridine rings is 1. The third-order valence-corrected chi connectivity index (χ3v) is 5.81. The van der Waals surface area contributed by atoms with E-state index in [0.717, 1.165) is 23.2 Å². The summed E-state index contributed by atoms with van der Waals surface area (Å²) < 4.78 is 0. The molecule has 38 heavy (non-hydrogen) atoms. The molecule has 0 saturated carbocycles. The number of hydrogen-bond donors (Lipinski definition) is 3. The summed E-state index contributed by atoms with van der Waals surface area (Å²) in [5, 5.41) is 12.0. The molecule has 1 aromatic heterocycles. The number of hydrogen-bond acceptors (Lipinski definition) is 5. The third kappa shape index (κ3) is 12.1. The van der Waals surface area contributed by atoms with E-state index in [0.29, 0.717) is 29.1 Å². The fourth-order valence-corrected chi connectivity index (χ4v) is 3.91. The molecule has 1 fully saturated rings. The van der Waals surface area contributed by atoms with Gasteiger partial charge in [-0.1, -0.05) is 93.9 Å². The van der Waals surface area contributed by atoms with Crippen LogP contribution in [0.3, 0.4) is 0 Å². The van der Waals surface area contributed by atoms with Crippen molar-refractivity contribution in [3.05, 3.63) is 88.2 Å². The summed E-state index contributed by atoms with van der Waals surface area (Å²) in [6.07, 6.45) is 15.4. The van der Waals surface area contributed by atoms with Gasteiger partial charge in [0, 0.05) is 22.5 Å². The number of benzene rings is 1. The van der Waals surface area contributed by atoms with Crippen molar-refractivity contribution in [2.24, 2.45) is 5.16 Å². The number of allylic oxidation sites excluding steroid dienone is 5. The highest BCUT2D eigenvalue weighted by atomic mass is 35.5. The normalized spacial score (nSPS) is 13.9. The Balaban J connectivity index is 0.000000682. The molecule has 1 aliphatic heterocycles. The van der Waals surface area contributed by atoms with E-state index in [1.54, 1.807) is 18.2 Å². The minimum atomic E-state index is -0.283. The van der Waals surface area contributed by atoms with E-state index in [1.807, 2.05) is 58.1 Å². The molecule has 0 spiro atoms. The minimum Gasteiger partial charge on any atom is -0.357 e. The lowest BCUT2D eigenvalue weighted by Gasteiger charge is -2.12. The van der Waals surface area contributed by atoms with Gasteiger partial charge < -0.3 is 20.5 Å². The molecule has 1 aliphatic rings. The molecule has 2 aromatic rings. The maximum absolute atomic E-state index is 12.8. The summed E-state index contributed by atoms with van der Waals surface area (Å²) in [6, 6.07) is 5.35. The minimum absolute atomic E-state index is 0.189. The van der Waals surface area contributed by atoms with Crippen molar-refractivity contribution in [2.45, 2.75) is 59.8 Å². The van der Waals surface area contributed by atoms with Crippen LogP contribution in [0.2, 0.25) is 5.02 Å². The topological polar surface area (TPSA) is 78.5 Å². The average molecular weight is 541 g/mol. The van der Waals surface area contributed by atoms with Crippen LogP contribution >= 0.6 is 11.6 Å². The van der Waals surface area contributed by atoms with E-state index >= 15 is 0 Å². The smallest absolute Gasteiger partial charge is 0.259 e. The van der Waals surface area contributed by atoms with Gasteiger partial charge in [0.15, 0.2) is 5.76 Å². The van der Waals surface area contributed by atoms with E-state index in [1.165, 1.54) is 38.8 Å². The molecule has 3 N–H and O–H groups in total. The lowest BCUT2D eigenvalue weighted by Crippen LogP contribution is -2.21. The third-order valence-electron chi connectivity index (χ3n) is 5.58. The molecule has 0 amide bonds. The molecule has 3 rings (SSSR count). The van der Waals surface area contributed by atoms with Crippen LogP contribution < -0.4 is 16.2 Å². The standard InChI is InChI=1S/C23H26ClN3O2.C6H13N.C2H6/c1-5-7-8-9-10-11-19-20-14-18(24)12-13-21(20)26-23(28)22(19)17(4)29-27-16(3)15-25-6-2;1-2-4-6-7-5-3-1;1-2/h5,7-10,12-14,25H,1,4,6,11,15H2,2-3H3,(H,26,28);7H,1-6H2;1-2H3/b8-7-,10-9-,27-16+;;. The van der Waals surface area contributed by atoms with Crippen LogP contribution in [0.5, 0.6) is 0 Å². The molecule has 0 bridgehead atoms. The molecule has 0 aliphatic carbocycles. The largest absolute Gasteiger partial charge is 0.357 e. The molecule has 1 aromatic carbocycles. The van der Waals surface area contributed by atoms with Crippen LogP contribution in [0.1, 0.15) is 64.5 Å². The summed E-state index contributed by atoms with van der Waals surface area (Å²) in [5.41, 5.74) is 2.31. The van der Waals surface area contributed by atoms with Gasteiger partial charge >= 0.3 is 0 Å². The van der Waals surface area contributed by atoms with Gasteiger partial charge in [-0.2, -0.15) is 0 Å². The zero-order chi connectivity index (χ0) is 28.2. The lowest BCUT2D eigenvalue weighted by atomic mass is 9.99. The van der Waals surface area contributed by atoms with Gasteiger partial charge in [0.05, 0.1) is 11.3 Å². The molecule has 6 nitrogen and oxygen atoms in total. The van der Waals surface area contributed by atoms with Gasteiger partial charge in [-0.15, -0.1) is 0 Å². The fraction of sp³-hybridized carbons (Fsp3) is 0.419. The number of rotatable bonds is 10. The highest BCUT2D eigenvalue weighted by Gasteiger charge is 2.16. The second-order valence-electron chi connectivity index (χ2n) is 8.54.